The predicted molar refractivity (Wildman–Crippen MR) is 84.9 cm³/mol. The average Bonchev–Trinajstić information content (AvgIpc) is 2.92. The van der Waals surface area contributed by atoms with Gasteiger partial charge in [0.1, 0.15) is 12.0 Å². The first-order chi connectivity index (χ1) is 10.8. The van der Waals surface area contributed by atoms with Crippen LogP contribution in [0.2, 0.25) is 0 Å². The number of aldehydes is 1. The number of phenols is 1. The van der Waals surface area contributed by atoms with E-state index in [1.54, 1.807) is 12.1 Å². The van der Waals surface area contributed by atoms with Crippen LogP contribution in [0.1, 0.15) is 22.9 Å². The van der Waals surface area contributed by atoms with Crippen LogP contribution < -0.4 is 5.32 Å². The minimum absolute atomic E-state index is 0.126. The smallest absolute Gasteiger partial charge is 0.137 e. The fourth-order valence-corrected chi connectivity index (χ4v) is 3.32. The molecule has 0 saturated heterocycles. The predicted octanol–water partition coefficient (Wildman–Crippen LogP) is 2.68. The van der Waals surface area contributed by atoms with Crippen molar-refractivity contribution in [2.24, 2.45) is 0 Å². The van der Waals surface area contributed by atoms with Gasteiger partial charge in [-0.3, -0.25) is 5.32 Å². The molecule has 3 aromatic rings. The number of aromatic hydroxyl groups is 1. The van der Waals surface area contributed by atoms with E-state index >= 15 is 0 Å². The van der Waals surface area contributed by atoms with Gasteiger partial charge in [0.2, 0.25) is 0 Å². The number of hydrogen-bond acceptors (Lipinski definition) is 3. The topological polar surface area (TPSA) is 65.1 Å². The summed E-state index contributed by atoms with van der Waals surface area (Å²) in [6.07, 6.45) is 1.64. The second-order valence-electron chi connectivity index (χ2n) is 5.70. The van der Waals surface area contributed by atoms with Gasteiger partial charge in [-0.05, 0) is 35.7 Å². The molecule has 2 heterocycles. The molecule has 0 amide bonds. The number of para-hydroxylation sites is 1. The molecule has 110 valence electrons. The standard InChI is InChI=1S/C18H16N2O2/c21-10-12-9-15-14-6-1-2-7-16(14)20-18(15)17(19-12)11-4-3-5-13(22)8-11/h1-8,10,12,17,19-20,22H,9H2/t12-,17+/m0/s1. The Labute approximate surface area is 127 Å². The number of H-pyrrole nitrogens is 1. The van der Waals surface area contributed by atoms with Crippen molar-refractivity contribution in [3.63, 3.8) is 0 Å². The third-order valence-electron chi connectivity index (χ3n) is 4.31. The lowest BCUT2D eigenvalue weighted by Gasteiger charge is -2.29. The summed E-state index contributed by atoms with van der Waals surface area (Å²) in [6, 6.07) is 14.9. The van der Waals surface area contributed by atoms with Crippen LogP contribution in [-0.4, -0.2) is 22.4 Å². The molecule has 22 heavy (non-hydrogen) atoms. The molecular formula is C18H16N2O2. The van der Waals surface area contributed by atoms with Gasteiger partial charge < -0.3 is 14.9 Å². The Morgan fingerprint density at radius 1 is 1.14 bits per heavy atom. The van der Waals surface area contributed by atoms with Gasteiger partial charge in [0.05, 0.1) is 12.1 Å². The first-order valence-electron chi connectivity index (χ1n) is 7.36. The second kappa shape index (κ2) is 5.00. The molecule has 1 aliphatic heterocycles. The van der Waals surface area contributed by atoms with E-state index in [-0.39, 0.29) is 17.8 Å². The summed E-state index contributed by atoms with van der Waals surface area (Å²) in [5.41, 5.74) is 4.27. The maximum atomic E-state index is 11.3. The molecular weight excluding hydrogens is 276 g/mol. The molecule has 0 bridgehead atoms. The third kappa shape index (κ3) is 2.00. The van der Waals surface area contributed by atoms with Crippen LogP contribution in [0.4, 0.5) is 0 Å². The molecule has 4 nitrogen and oxygen atoms in total. The number of rotatable bonds is 2. The number of fused-ring (bicyclic) bond motifs is 3. The van der Waals surface area contributed by atoms with Crippen LogP contribution >= 0.6 is 0 Å². The Kier molecular flexibility index (Phi) is 2.98. The lowest BCUT2D eigenvalue weighted by molar-refractivity contribution is -0.109. The lowest BCUT2D eigenvalue weighted by atomic mass is 9.91. The molecule has 4 rings (SSSR count). The quantitative estimate of drug-likeness (QED) is 0.636. The van der Waals surface area contributed by atoms with Gasteiger partial charge in [0, 0.05) is 16.6 Å². The zero-order valence-corrected chi connectivity index (χ0v) is 11.9. The molecule has 0 radical (unpaired) electrons. The Morgan fingerprint density at radius 3 is 2.82 bits per heavy atom. The van der Waals surface area contributed by atoms with E-state index in [1.807, 2.05) is 30.3 Å². The van der Waals surface area contributed by atoms with Crippen LogP contribution in [0, 0.1) is 0 Å². The molecule has 0 saturated carbocycles. The van der Waals surface area contributed by atoms with Crippen LogP contribution in [0.3, 0.4) is 0 Å². The van der Waals surface area contributed by atoms with Crippen molar-refractivity contribution in [2.45, 2.75) is 18.5 Å². The highest BCUT2D eigenvalue weighted by molar-refractivity contribution is 5.86. The fraction of sp³-hybridized carbons (Fsp3) is 0.167. The van der Waals surface area contributed by atoms with Crippen molar-refractivity contribution >= 4 is 17.2 Å². The molecule has 4 heteroatoms. The number of hydrogen-bond donors (Lipinski definition) is 3. The lowest BCUT2D eigenvalue weighted by Crippen LogP contribution is -2.40. The zero-order valence-electron chi connectivity index (χ0n) is 11.9. The number of carbonyl (C=O) groups excluding carboxylic acids is 1. The van der Waals surface area contributed by atoms with E-state index in [0.29, 0.717) is 6.42 Å². The molecule has 1 aliphatic rings. The number of aromatic amines is 1. The summed E-state index contributed by atoms with van der Waals surface area (Å²) in [4.78, 5) is 14.8. The largest absolute Gasteiger partial charge is 0.508 e. The highest BCUT2D eigenvalue weighted by atomic mass is 16.3. The molecule has 1 aromatic heterocycles. The van der Waals surface area contributed by atoms with Gasteiger partial charge >= 0.3 is 0 Å². The molecule has 3 N–H and O–H groups in total. The van der Waals surface area contributed by atoms with Crippen molar-refractivity contribution in [1.82, 2.24) is 10.3 Å². The van der Waals surface area contributed by atoms with Gasteiger partial charge in [-0.15, -0.1) is 0 Å². The summed E-state index contributed by atoms with van der Waals surface area (Å²) in [5, 5.41) is 14.3. The average molecular weight is 292 g/mol. The third-order valence-corrected chi connectivity index (χ3v) is 4.31. The minimum Gasteiger partial charge on any atom is -0.508 e. The Balaban J connectivity index is 1.91. The minimum atomic E-state index is -0.223. The second-order valence-corrected chi connectivity index (χ2v) is 5.70. The number of carbonyl (C=O) groups is 1. The summed E-state index contributed by atoms with van der Waals surface area (Å²) < 4.78 is 0. The Morgan fingerprint density at radius 2 is 2.00 bits per heavy atom. The van der Waals surface area contributed by atoms with Crippen LogP contribution in [0.5, 0.6) is 5.75 Å². The summed E-state index contributed by atoms with van der Waals surface area (Å²) >= 11 is 0. The first-order valence-corrected chi connectivity index (χ1v) is 7.36. The number of phenolic OH excluding ortho intramolecular Hbond substituents is 1. The molecule has 0 aliphatic carbocycles. The first kappa shape index (κ1) is 13.1. The zero-order chi connectivity index (χ0) is 15.1. The molecule has 0 unspecified atom stereocenters. The molecule has 0 spiro atoms. The summed E-state index contributed by atoms with van der Waals surface area (Å²) in [7, 11) is 0. The van der Waals surface area contributed by atoms with Crippen LogP contribution in [0.25, 0.3) is 10.9 Å². The maximum Gasteiger partial charge on any atom is 0.137 e. The Hall–Kier alpha value is -2.59. The van der Waals surface area contributed by atoms with E-state index in [4.69, 9.17) is 0 Å². The fourth-order valence-electron chi connectivity index (χ4n) is 3.32. The molecule has 2 atom stereocenters. The number of benzene rings is 2. The van der Waals surface area contributed by atoms with Crippen molar-refractivity contribution in [3.05, 3.63) is 65.4 Å². The van der Waals surface area contributed by atoms with E-state index in [2.05, 4.69) is 16.4 Å². The van der Waals surface area contributed by atoms with Gasteiger partial charge in [-0.2, -0.15) is 0 Å². The normalized spacial score (nSPS) is 20.7. The van der Waals surface area contributed by atoms with E-state index in [0.717, 1.165) is 28.4 Å². The van der Waals surface area contributed by atoms with Crippen LogP contribution in [-0.2, 0) is 11.2 Å². The van der Waals surface area contributed by atoms with Gasteiger partial charge in [-0.1, -0.05) is 30.3 Å². The van der Waals surface area contributed by atoms with Gasteiger partial charge in [0.15, 0.2) is 0 Å². The van der Waals surface area contributed by atoms with Crippen molar-refractivity contribution < 1.29 is 9.90 Å². The van der Waals surface area contributed by atoms with Crippen LogP contribution in [0.15, 0.2) is 48.5 Å². The van der Waals surface area contributed by atoms with Crippen molar-refractivity contribution in [2.75, 3.05) is 0 Å². The monoisotopic (exact) mass is 292 g/mol. The van der Waals surface area contributed by atoms with Crippen molar-refractivity contribution in [3.8, 4) is 5.75 Å². The van der Waals surface area contributed by atoms with Gasteiger partial charge in [-0.25, -0.2) is 0 Å². The van der Waals surface area contributed by atoms with E-state index in [1.165, 1.54) is 5.56 Å². The number of nitrogens with one attached hydrogen (secondary N) is 2. The van der Waals surface area contributed by atoms with Crippen molar-refractivity contribution in [1.29, 1.82) is 0 Å². The maximum absolute atomic E-state index is 11.3. The number of aromatic nitrogens is 1. The molecule has 2 aromatic carbocycles. The van der Waals surface area contributed by atoms with Gasteiger partial charge in [0.25, 0.3) is 0 Å². The highest BCUT2D eigenvalue weighted by Gasteiger charge is 2.30. The van der Waals surface area contributed by atoms with E-state index < -0.39 is 0 Å². The molecule has 0 fully saturated rings. The SMILES string of the molecule is O=C[C@@H]1Cc2c([nH]c3ccccc23)[C@@H](c2cccc(O)c2)N1. The van der Waals surface area contributed by atoms with E-state index in [9.17, 15) is 9.90 Å². The highest BCUT2D eigenvalue weighted by Crippen LogP contribution is 2.35. The Bertz CT molecular complexity index is 853. The summed E-state index contributed by atoms with van der Waals surface area (Å²) in [5.74, 6) is 0.227. The summed E-state index contributed by atoms with van der Waals surface area (Å²) in [6.45, 7) is 0.